The number of fused-ring (bicyclic) bond motifs is 1. The van der Waals surface area contributed by atoms with Crippen LogP contribution in [0.25, 0.3) is 11.7 Å². The summed E-state index contributed by atoms with van der Waals surface area (Å²) >= 11 is 0.895. The molecule has 2 aliphatic rings. The van der Waals surface area contributed by atoms with Gasteiger partial charge < -0.3 is 10.2 Å². The molecule has 0 unspecified atom stereocenters. The predicted octanol–water partition coefficient (Wildman–Crippen LogP) is 2.47. The van der Waals surface area contributed by atoms with E-state index in [-0.39, 0.29) is 11.1 Å². The highest BCUT2D eigenvalue weighted by Crippen LogP contribution is 2.30. The van der Waals surface area contributed by atoms with Crippen molar-refractivity contribution in [3.8, 4) is 0 Å². The molecule has 2 aromatic heterocycles. The van der Waals surface area contributed by atoms with Crippen molar-refractivity contribution in [2.24, 2.45) is 0 Å². The molecule has 0 radical (unpaired) electrons. The van der Waals surface area contributed by atoms with Crippen LogP contribution in [0.5, 0.6) is 0 Å². The maximum atomic E-state index is 11.8. The van der Waals surface area contributed by atoms with E-state index in [1.54, 1.807) is 16.8 Å². The minimum Gasteiger partial charge on any atom is -0.367 e. The quantitative estimate of drug-likeness (QED) is 0.753. The molecule has 2 amide bonds. The van der Waals surface area contributed by atoms with Gasteiger partial charge in [-0.3, -0.25) is 14.9 Å². The van der Waals surface area contributed by atoms with Gasteiger partial charge in [0.05, 0.1) is 11.1 Å². The smallest absolute Gasteiger partial charge is 0.290 e. The standard InChI is InChI=1S/C17H20N6O2S/c1-3-22(4-2)13-8-14(19-11-5-6-11)23-15(20-13)10(9-18-23)7-12-16(24)21-17(25)26-12/h7-9,11,19H,3-6H2,1-2H3,(H,21,24,25). The van der Waals surface area contributed by atoms with Crippen molar-refractivity contribution < 1.29 is 9.59 Å². The summed E-state index contributed by atoms with van der Waals surface area (Å²) in [4.78, 5) is 30.5. The fraction of sp³-hybridized carbons (Fsp3) is 0.412. The number of amides is 2. The summed E-state index contributed by atoms with van der Waals surface area (Å²) in [5.41, 5.74) is 1.38. The Morgan fingerprint density at radius 2 is 2.15 bits per heavy atom. The molecule has 8 nitrogen and oxygen atoms in total. The number of nitrogens with zero attached hydrogens (tertiary/aromatic N) is 4. The number of carbonyl (C=O) groups excluding carboxylic acids is 2. The molecule has 2 fully saturated rings. The topological polar surface area (TPSA) is 91.6 Å². The van der Waals surface area contributed by atoms with E-state index in [0.717, 1.165) is 49.3 Å². The lowest BCUT2D eigenvalue weighted by Gasteiger charge is -2.21. The van der Waals surface area contributed by atoms with Crippen molar-refractivity contribution in [3.05, 3.63) is 22.7 Å². The number of carbonyl (C=O) groups is 2. The minimum atomic E-state index is -0.379. The maximum absolute atomic E-state index is 11.8. The second kappa shape index (κ2) is 6.64. The van der Waals surface area contributed by atoms with Crippen LogP contribution in [0.3, 0.4) is 0 Å². The lowest BCUT2D eigenvalue weighted by molar-refractivity contribution is -0.115. The first-order valence-electron chi connectivity index (χ1n) is 8.74. The molecular weight excluding hydrogens is 352 g/mol. The van der Waals surface area contributed by atoms with E-state index in [2.05, 4.69) is 34.5 Å². The van der Waals surface area contributed by atoms with E-state index in [1.807, 2.05) is 6.07 Å². The molecule has 1 saturated heterocycles. The Bertz CT molecular complexity index is 913. The Morgan fingerprint density at radius 3 is 2.77 bits per heavy atom. The number of imide groups is 1. The molecule has 1 aliphatic heterocycles. The summed E-state index contributed by atoms with van der Waals surface area (Å²) in [5.74, 6) is 1.38. The molecule has 1 aliphatic carbocycles. The lowest BCUT2D eigenvalue weighted by Crippen LogP contribution is -2.24. The zero-order valence-electron chi connectivity index (χ0n) is 14.7. The first-order chi connectivity index (χ1) is 12.6. The molecule has 1 saturated carbocycles. The van der Waals surface area contributed by atoms with Gasteiger partial charge >= 0.3 is 0 Å². The highest BCUT2D eigenvalue weighted by molar-refractivity contribution is 8.18. The summed E-state index contributed by atoms with van der Waals surface area (Å²) in [6.07, 6.45) is 5.66. The van der Waals surface area contributed by atoms with Gasteiger partial charge in [-0.1, -0.05) is 0 Å². The van der Waals surface area contributed by atoms with Gasteiger partial charge in [-0.2, -0.15) is 9.61 Å². The van der Waals surface area contributed by atoms with E-state index in [4.69, 9.17) is 4.98 Å². The summed E-state index contributed by atoms with van der Waals surface area (Å²) in [5, 5.41) is 9.85. The summed E-state index contributed by atoms with van der Waals surface area (Å²) in [6, 6.07) is 2.49. The molecule has 0 atom stereocenters. The average molecular weight is 372 g/mol. The van der Waals surface area contributed by atoms with Gasteiger partial charge in [0.2, 0.25) is 0 Å². The fourth-order valence-electron chi connectivity index (χ4n) is 2.88. The van der Waals surface area contributed by atoms with E-state index >= 15 is 0 Å². The van der Waals surface area contributed by atoms with Crippen LogP contribution in [-0.4, -0.2) is 44.9 Å². The fourth-order valence-corrected chi connectivity index (χ4v) is 3.55. The van der Waals surface area contributed by atoms with Crippen molar-refractivity contribution >= 4 is 46.3 Å². The van der Waals surface area contributed by atoms with Crippen LogP contribution < -0.4 is 15.5 Å². The molecule has 9 heteroatoms. The number of hydrogen-bond acceptors (Lipinski definition) is 7. The normalized spacial score (nSPS) is 18.6. The molecule has 0 aromatic carbocycles. The second-order valence-electron chi connectivity index (χ2n) is 6.28. The van der Waals surface area contributed by atoms with Crippen LogP contribution in [0.4, 0.5) is 16.4 Å². The lowest BCUT2D eigenvalue weighted by atomic mass is 10.3. The number of thioether (sulfide) groups is 1. The monoisotopic (exact) mass is 372 g/mol. The van der Waals surface area contributed by atoms with Crippen LogP contribution in [0, 0.1) is 0 Å². The Morgan fingerprint density at radius 1 is 1.38 bits per heavy atom. The van der Waals surface area contributed by atoms with Gasteiger partial charge in [-0.05, 0) is 44.5 Å². The summed E-state index contributed by atoms with van der Waals surface area (Å²) in [6.45, 7) is 5.88. The third kappa shape index (κ3) is 3.14. The van der Waals surface area contributed by atoms with Crippen molar-refractivity contribution in [2.45, 2.75) is 32.7 Å². The molecule has 2 N–H and O–H groups in total. The van der Waals surface area contributed by atoms with Crippen molar-refractivity contribution in [2.75, 3.05) is 23.3 Å². The SMILES string of the molecule is CCN(CC)c1cc(NC2CC2)n2ncc(C=C3SC(=O)NC3=O)c2n1. The summed E-state index contributed by atoms with van der Waals surface area (Å²) < 4.78 is 1.76. The number of nitrogens with one attached hydrogen (secondary N) is 2. The zero-order chi connectivity index (χ0) is 18.3. The van der Waals surface area contributed by atoms with Crippen molar-refractivity contribution in [3.63, 3.8) is 0 Å². The maximum Gasteiger partial charge on any atom is 0.290 e. The van der Waals surface area contributed by atoms with Gasteiger partial charge in [0.25, 0.3) is 11.1 Å². The van der Waals surface area contributed by atoms with Crippen LogP contribution in [0.2, 0.25) is 0 Å². The van der Waals surface area contributed by atoms with Gasteiger partial charge in [-0.25, -0.2) is 4.98 Å². The minimum absolute atomic E-state index is 0.356. The van der Waals surface area contributed by atoms with Gasteiger partial charge in [-0.15, -0.1) is 0 Å². The van der Waals surface area contributed by atoms with E-state index < -0.39 is 0 Å². The van der Waals surface area contributed by atoms with Gasteiger partial charge in [0.15, 0.2) is 5.65 Å². The first-order valence-corrected chi connectivity index (χ1v) is 9.55. The number of anilines is 2. The average Bonchev–Trinajstić information content (AvgIpc) is 3.25. The Labute approximate surface area is 155 Å². The Kier molecular flexibility index (Phi) is 4.31. The second-order valence-corrected chi connectivity index (χ2v) is 7.29. The highest BCUT2D eigenvalue weighted by Gasteiger charge is 2.26. The molecule has 0 bridgehead atoms. The van der Waals surface area contributed by atoms with Crippen LogP contribution >= 0.6 is 11.8 Å². The van der Waals surface area contributed by atoms with E-state index in [9.17, 15) is 9.59 Å². The van der Waals surface area contributed by atoms with E-state index in [0.29, 0.717) is 22.2 Å². The van der Waals surface area contributed by atoms with Crippen LogP contribution in [0.15, 0.2) is 17.2 Å². The number of aromatic nitrogens is 3. The predicted molar refractivity (Wildman–Crippen MR) is 102 cm³/mol. The molecule has 3 heterocycles. The largest absolute Gasteiger partial charge is 0.367 e. The summed E-state index contributed by atoms with van der Waals surface area (Å²) in [7, 11) is 0. The van der Waals surface area contributed by atoms with Gasteiger partial charge in [0, 0.05) is 30.8 Å². The van der Waals surface area contributed by atoms with E-state index in [1.165, 1.54) is 0 Å². The molecule has 26 heavy (non-hydrogen) atoms. The Hall–Kier alpha value is -2.55. The number of rotatable bonds is 6. The molecular formula is C17H20N6O2S. The molecule has 2 aromatic rings. The first kappa shape index (κ1) is 16.9. The highest BCUT2D eigenvalue weighted by atomic mass is 32.2. The van der Waals surface area contributed by atoms with Crippen LogP contribution in [-0.2, 0) is 4.79 Å². The third-order valence-corrected chi connectivity index (χ3v) is 5.24. The van der Waals surface area contributed by atoms with Crippen molar-refractivity contribution in [1.29, 1.82) is 0 Å². The van der Waals surface area contributed by atoms with Gasteiger partial charge in [0.1, 0.15) is 11.6 Å². The molecule has 4 rings (SSSR count). The third-order valence-electron chi connectivity index (χ3n) is 4.43. The molecule has 136 valence electrons. The van der Waals surface area contributed by atoms with Crippen LogP contribution in [0.1, 0.15) is 32.3 Å². The molecule has 0 spiro atoms. The zero-order valence-corrected chi connectivity index (χ0v) is 15.5. The van der Waals surface area contributed by atoms with Crippen molar-refractivity contribution in [1.82, 2.24) is 19.9 Å². The number of hydrogen-bond donors (Lipinski definition) is 2. The Balaban J connectivity index is 1.81.